The SMILES string of the molecule is CCNC(=NCC(O)COc1cccc(C)c1)NC1CCN(CC(C)C)CC1. The molecule has 0 saturated carbocycles. The number of ether oxygens (including phenoxy) is 1. The van der Waals surface area contributed by atoms with Crippen molar-refractivity contribution in [3.63, 3.8) is 0 Å². The zero-order valence-electron chi connectivity index (χ0n) is 17.9. The molecular weight excluding hydrogens is 352 g/mol. The molecule has 1 aromatic rings. The van der Waals surface area contributed by atoms with Crippen LogP contribution in [-0.4, -0.2) is 67.4 Å². The Hall–Kier alpha value is -1.79. The summed E-state index contributed by atoms with van der Waals surface area (Å²) in [5.41, 5.74) is 1.14. The molecule has 0 radical (unpaired) electrons. The zero-order chi connectivity index (χ0) is 20.4. The Labute approximate surface area is 170 Å². The second-order valence-corrected chi connectivity index (χ2v) is 8.11. The zero-order valence-corrected chi connectivity index (χ0v) is 17.9. The summed E-state index contributed by atoms with van der Waals surface area (Å²) in [4.78, 5) is 7.10. The van der Waals surface area contributed by atoms with Crippen molar-refractivity contribution >= 4 is 5.96 Å². The van der Waals surface area contributed by atoms with Crippen LogP contribution in [0.4, 0.5) is 0 Å². The number of hydrogen-bond donors (Lipinski definition) is 3. The standard InChI is InChI=1S/C22H38N4O2/c1-5-23-22(25-19-9-11-26(12-10-19)15-17(2)3)24-14-20(27)16-28-21-8-6-7-18(4)13-21/h6-8,13,17,19-20,27H,5,9-12,14-16H2,1-4H3,(H2,23,24,25). The summed E-state index contributed by atoms with van der Waals surface area (Å²) < 4.78 is 5.67. The van der Waals surface area contributed by atoms with Gasteiger partial charge in [-0.3, -0.25) is 4.99 Å². The van der Waals surface area contributed by atoms with Gasteiger partial charge in [-0.05, 0) is 50.3 Å². The van der Waals surface area contributed by atoms with Crippen molar-refractivity contribution in [1.29, 1.82) is 0 Å². The highest BCUT2D eigenvalue weighted by molar-refractivity contribution is 5.80. The predicted molar refractivity (Wildman–Crippen MR) is 116 cm³/mol. The molecule has 3 N–H and O–H groups in total. The maximum atomic E-state index is 10.2. The molecule has 1 saturated heterocycles. The van der Waals surface area contributed by atoms with E-state index in [1.807, 2.05) is 31.2 Å². The first-order valence-corrected chi connectivity index (χ1v) is 10.6. The van der Waals surface area contributed by atoms with Crippen LogP contribution in [0, 0.1) is 12.8 Å². The van der Waals surface area contributed by atoms with Crippen LogP contribution in [0.3, 0.4) is 0 Å². The number of aryl methyl sites for hydroxylation is 1. The molecule has 1 aliphatic rings. The Morgan fingerprint density at radius 3 is 2.71 bits per heavy atom. The average molecular weight is 391 g/mol. The van der Waals surface area contributed by atoms with E-state index in [0.717, 1.165) is 49.7 Å². The number of likely N-dealkylation sites (tertiary alicyclic amines) is 1. The minimum absolute atomic E-state index is 0.236. The highest BCUT2D eigenvalue weighted by Crippen LogP contribution is 2.13. The normalized spacial score (nSPS) is 17.6. The summed E-state index contributed by atoms with van der Waals surface area (Å²) in [6.07, 6.45) is 1.61. The lowest BCUT2D eigenvalue weighted by atomic mass is 10.0. The third kappa shape index (κ3) is 8.48. The van der Waals surface area contributed by atoms with Crippen molar-refractivity contribution in [2.24, 2.45) is 10.9 Å². The van der Waals surface area contributed by atoms with E-state index in [1.54, 1.807) is 0 Å². The van der Waals surface area contributed by atoms with Crippen LogP contribution in [0.2, 0.25) is 0 Å². The van der Waals surface area contributed by atoms with Gasteiger partial charge in [0.2, 0.25) is 0 Å². The lowest BCUT2D eigenvalue weighted by molar-refractivity contribution is 0.114. The summed E-state index contributed by atoms with van der Waals surface area (Å²) in [5, 5.41) is 17.0. The lowest BCUT2D eigenvalue weighted by Crippen LogP contribution is -2.49. The fourth-order valence-corrected chi connectivity index (χ4v) is 3.44. The van der Waals surface area contributed by atoms with E-state index in [2.05, 4.69) is 41.3 Å². The van der Waals surface area contributed by atoms with Crippen LogP contribution in [0.25, 0.3) is 0 Å². The van der Waals surface area contributed by atoms with Crippen molar-refractivity contribution in [1.82, 2.24) is 15.5 Å². The van der Waals surface area contributed by atoms with Gasteiger partial charge in [0.15, 0.2) is 5.96 Å². The van der Waals surface area contributed by atoms with Crippen LogP contribution in [0.5, 0.6) is 5.75 Å². The molecule has 1 unspecified atom stereocenters. The summed E-state index contributed by atoms with van der Waals surface area (Å²) in [7, 11) is 0. The summed E-state index contributed by atoms with van der Waals surface area (Å²) in [6, 6.07) is 8.28. The fraction of sp³-hybridized carbons (Fsp3) is 0.682. The smallest absolute Gasteiger partial charge is 0.191 e. The van der Waals surface area contributed by atoms with E-state index in [0.29, 0.717) is 18.5 Å². The van der Waals surface area contributed by atoms with Gasteiger partial charge in [0.1, 0.15) is 18.5 Å². The second kappa shape index (κ2) is 11.9. The van der Waals surface area contributed by atoms with Gasteiger partial charge < -0.3 is 25.4 Å². The molecule has 6 nitrogen and oxygen atoms in total. The Morgan fingerprint density at radius 2 is 2.07 bits per heavy atom. The van der Waals surface area contributed by atoms with Gasteiger partial charge in [0, 0.05) is 32.2 Å². The van der Waals surface area contributed by atoms with Crippen molar-refractivity contribution in [2.75, 3.05) is 39.3 Å². The lowest BCUT2D eigenvalue weighted by Gasteiger charge is -2.34. The quantitative estimate of drug-likeness (QED) is 0.446. The van der Waals surface area contributed by atoms with E-state index in [4.69, 9.17) is 4.74 Å². The fourth-order valence-electron chi connectivity index (χ4n) is 3.44. The van der Waals surface area contributed by atoms with Gasteiger partial charge in [-0.25, -0.2) is 0 Å². The van der Waals surface area contributed by atoms with Crippen LogP contribution >= 0.6 is 0 Å². The first kappa shape index (κ1) is 22.5. The van der Waals surface area contributed by atoms with Gasteiger partial charge in [0.25, 0.3) is 0 Å². The summed E-state index contributed by atoms with van der Waals surface area (Å²) in [6.45, 7) is 13.4. The molecule has 6 heteroatoms. The largest absolute Gasteiger partial charge is 0.491 e. The Balaban J connectivity index is 1.76. The number of nitrogens with zero attached hydrogens (tertiary/aromatic N) is 2. The van der Waals surface area contributed by atoms with Crippen LogP contribution in [-0.2, 0) is 0 Å². The number of hydrogen-bond acceptors (Lipinski definition) is 4. The summed E-state index contributed by atoms with van der Waals surface area (Å²) >= 11 is 0. The number of guanidine groups is 1. The van der Waals surface area contributed by atoms with Crippen LogP contribution in [0.1, 0.15) is 39.2 Å². The molecule has 0 spiro atoms. The molecular formula is C22H38N4O2. The van der Waals surface area contributed by atoms with Crippen molar-refractivity contribution < 1.29 is 9.84 Å². The molecule has 28 heavy (non-hydrogen) atoms. The van der Waals surface area contributed by atoms with Crippen LogP contribution in [0.15, 0.2) is 29.3 Å². The second-order valence-electron chi connectivity index (χ2n) is 8.11. The minimum Gasteiger partial charge on any atom is -0.491 e. The molecule has 1 fully saturated rings. The number of benzene rings is 1. The molecule has 2 rings (SSSR count). The Bertz CT molecular complexity index is 598. The third-order valence-corrected chi connectivity index (χ3v) is 4.79. The Morgan fingerprint density at radius 1 is 1.32 bits per heavy atom. The average Bonchev–Trinajstić information content (AvgIpc) is 2.66. The maximum Gasteiger partial charge on any atom is 0.191 e. The summed E-state index contributed by atoms with van der Waals surface area (Å²) in [5.74, 6) is 2.27. The van der Waals surface area contributed by atoms with Gasteiger partial charge >= 0.3 is 0 Å². The molecule has 1 aliphatic heterocycles. The monoisotopic (exact) mass is 390 g/mol. The third-order valence-electron chi connectivity index (χ3n) is 4.79. The van der Waals surface area contributed by atoms with Crippen molar-refractivity contribution in [3.05, 3.63) is 29.8 Å². The topological polar surface area (TPSA) is 69.1 Å². The maximum absolute atomic E-state index is 10.2. The molecule has 158 valence electrons. The van der Waals surface area contributed by atoms with Crippen molar-refractivity contribution in [3.8, 4) is 5.75 Å². The van der Waals surface area contributed by atoms with Gasteiger partial charge in [-0.1, -0.05) is 26.0 Å². The van der Waals surface area contributed by atoms with E-state index in [-0.39, 0.29) is 6.61 Å². The first-order valence-electron chi connectivity index (χ1n) is 10.6. The molecule has 0 aromatic heterocycles. The molecule has 0 amide bonds. The first-order chi connectivity index (χ1) is 13.5. The van der Waals surface area contributed by atoms with E-state index >= 15 is 0 Å². The molecule has 1 heterocycles. The highest BCUT2D eigenvalue weighted by Gasteiger charge is 2.20. The van der Waals surface area contributed by atoms with Gasteiger partial charge in [-0.15, -0.1) is 0 Å². The number of aliphatic hydroxyl groups excluding tert-OH is 1. The van der Waals surface area contributed by atoms with E-state index < -0.39 is 6.10 Å². The Kier molecular flexibility index (Phi) is 9.58. The van der Waals surface area contributed by atoms with Crippen molar-refractivity contribution in [2.45, 2.75) is 52.7 Å². The molecule has 1 atom stereocenters. The number of nitrogens with one attached hydrogen (secondary N) is 2. The number of rotatable bonds is 9. The minimum atomic E-state index is -0.635. The molecule has 1 aromatic carbocycles. The van der Waals surface area contributed by atoms with E-state index in [1.165, 1.54) is 6.54 Å². The number of aliphatic hydroxyl groups is 1. The van der Waals surface area contributed by atoms with Crippen LogP contribution < -0.4 is 15.4 Å². The van der Waals surface area contributed by atoms with Gasteiger partial charge in [0.05, 0.1) is 6.54 Å². The number of aliphatic imine (C=N–C) groups is 1. The molecule has 0 bridgehead atoms. The molecule has 0 aliphatic carbocycles. The predicted octanol–water partition coefficient (Wildman–Crippen LogP) is 2.41. The van der Waals surface area contributed by atoms with Gasteiger partial charge in [-0.2, -0.15) is 0 Å². The highest BCUT2D eigenvalue weighted by atomic mass is 16.5. The van der Waals surface area contributed by atoms with E-state index in [9.17, 15) is 5.11 Å². The number of piperidine rings is 1.